The number of nitrogens with one attached hydrogen (secondary N) is 2. The molecule has 0 fully saturated rings. The van der Waals surface area contributed by atoms with Gasteiger partial charge in [0.25, 0.3) is 0 Å². The van der Waals surface area contributed by atoms with Crippen molar-refractivity contribution in [2.45, 2.75) is 19.5 Å². The summed E-state index contributed by atoms with van der Waals surface area (Å²) < 4.78 is 5.37. The fourth-order valence-electron chi connectivity index (χ4n) is 2.26. The number of nitrogens with zero attached hydrogens (tertiary/aromatic N) is 1. The molecule has 24 heavy (non-hydrogen) atoms. The first-order valence-electron chi connectivity index (χ1n) is 7.78. The topological polar surface area (TPSA) is 74.6 Å². The van der Waals surface area contributed by atoms with Gasteiger partial charge in [0.05, 0.1) is 12.3 Å². The van der Waals surface area contributed by atoms with Crippen molar-refractivity contribution in [3.05, 3.63) is 59.5 Å². The van der Waals surface area contributed by atoms with Crippen LogP contribution in [0.2, 0.25) is 0 Å². The largest absolute Gasteiger partial charge is 0.468 e. The maximum atomic E-state index is 11.9. The Hall–Kier alpha value is -2.60. The summed E-state index contributed by atoms with van der Waals surface area (Å²) in [4.78, 5) is 25.8. The highest BCUT2D eigenvalue weighted by Crippen LogP contribution is 2.17. The number of carbonyl (C=O) groups excluding carboxylic acids is 2. The van der Waals surface area contributed by atoms with Gasteiger partial charge in [0.2, 0.25) is 0 Å². The normalized spacial score (nSPS) is 12.0. The van der Waals surface area contributed by atoms with Crippen LogP contribution in [-0.2, 0) is 16.1 Å². The molecule has 0 aliphatic rings. The number of hydrogen-bond donors (Lipinski definition) is 2. The van der Waals surface area contributed by atoms with Crippen molar-refractivity contribution >= 4 is 11.8 Å². The second kappa shape index (κ2) is 8.31. The van der Waals surface area contributed by atoms with Gasteiger partial charge in [0.1, 0.15) is 5.76 Å². The number of hydrogen-bond acceptors (Lipinski definition) is 4. The van der Waals surface area contributed by atoms with Gasteiger partial charge < -0.3 is 15.1 Å². The van der Waals surface area contributed by atoms with E-state index < -0.39 is 11.8 Å². The van der Waals surface area contributed by atoms with E-state index in [2.05, 4.69) is 10.6 Å². The zero-order valence-corrected chi connectivity index (χ0v) is 14.2. The highest BCUT2D eigenvalue weighted by atomic mass is 16.3. The molecule has 2 N–H and O–H groups in total. The van der Waals surface area contributed by atoms with Crippen molar-refractivity contribution in [3.63, 3.8) is 0 Å². The SMILES string of the molecule is Cc1ccc(CNC(=O)C(=O)NCC(c2ccco2)N(C)C)cc1. The molecule has 6 heteroatoms. The Morgan fingerprint density at radius 1 is 1.08 bits per heavy atom. The molecule has 1 atom stereocenters. The Kier molecular flexibility index (Phi) is 6.14. The molecule has 0 aliphatic heterocycles. The average molecular weight is 329 g/mol. The van der Waals surface area contributed by atoms with E-state index in [9.17, 15) is 9.59 Å². The first kappa shape index (κ1) is 17.7. The molecular weight excluding hydrogens is 306 g/mol. The number of aryl methyl sites for hydroxylation is 1. The standard InChI is InChI=1S/C18H23N3O3/c1-13-6-8-14(9-7-13)11-19-17(22)18(23)20-12-15(21(2)3)16-5-4-10-24-16/h4-10,15H,11-12H2,1-3H3,(H,19,22)(H,20,23). The lowest BCUT2D eigenvalue weighted by Gasteiger charge is -2.22. The van der Waals surface area contributed by atoms with E-state index >= 15 is 0 Å². The van der Waals surface area contributed by atoms with Crippen molar-refractivity contribution in [2.75, 3.05) is 20.6 Å². The molecule has 1 heterocycles. The Labute approximate surface area is 141 Å². The van der Waals surface area contributed by atoms with Crippen molar-refractivity contribution in [1.82, 2.24) is 15.5 Å². The molecule has 2 rings (SSSR count). The third-order valence-electron chi connectivity index (χ3n) is 3.73. The minimum absolute atomic E-state index is 0.131. The maximum Gasteiger partial charge on any atom is 0.309 e. The van der Waals surface area contributed by atoms with Crippen molar-refractivity contribution in [3.8, 4) is 0 Å². The summed E-state index contributed by atoms with van der Waals surface area (Å²) in [5, 5.41) is 5.26. The molecule has 0 saturated carbocycles. The summed E-state index contributed by atoms with van der Waals surface area (Å²) in [6, 6.07) is 11.3. The van der Waals surface area contributed by atoms with Gasteiger partial charge in [0.15, 0.2) is 0 Å². The van der Waals surface area contributed by atoms with Crippen LogP contribution in [0, 0.1) is 6.92 Å². The highest BCUT2D eigenvalue weighted by Gasteiger charge is 2.20. The third kappa shape index (κ3) is 4.96. The Morgan fingerprint density at radius 3 is 2.33 bits per heavy atom. The minimum Gasteiger partial charge on any atom is -0.468 e. The minimum atomic E-state index is -0.652. The van der Waals surface area contributed by atoms with Crippen LogP contribution in [0.25, 0.3) is 0 Å². The van der Waals surface area contributed by atoms with Crippen LogP contribution in [-0.4, -0.2) is 37.4 Å². The lowest BCUT2D eigenvalue weighted by molar-refractivity contribution is -0.139. The molecule has 0 spiro atoms. The van der Waals surface area contributed by atoms with Gasteiger partial charge in [-0.1, -0.05) is 29.8 Å². The fourth-order valence-corrected chi connectivity index (χ4v) is 2.26. The van der Waals surface area contributed by atoms with E-state index in [1.54, 1.807) is 12.3 Å². The van der Waals surface area contributed by atoms with Gasteiger partial charge >= 0.3 is 11.8 Å². The third-order valence-corrected chi connectivity index (χ3v) is 3.73. The van der Waals surface area contributed by atoms with Crippen LogP contribution in [0.1, 0.15) is 22.9 Å². The van der Waals surface area contributed by atoms with Gasteiger partial charge in [-0.2, -0.15) is 0 Å². The number of benzene rings is 1. The second-order valence-corrected chi connectivity index (χ2v) is 5.87. The maximum absolute atomic E-state index is 11.9. The van der Waals surface area contributed by atoms with Crippen molar-refractivity contribution in [1.29, 1.82) is 0 Å². The summed E-state index contributed by atoms with van der Waals surface area (Å²) in [6.45, 7) is 2.61. The van der Waals surface area contributed by atoms with Crippen LogP contribution in [0.4, 0.5) is 0 Å². The van der Waals surface area contributed by atoms with Crippen LogP contribution >= 0.6 is 0 Å². The predicted molar refractivity (Wildman–Crippen MR) is 91.2 cm³/mol. The number of carbonyl (C=O) groups is 2. The van der Waals surface area contributed by atoms with E-state index in [1.807, 2.05) is 56.3 Å². The molecule has 128 valence electrons. The van der Waals surface area contributed by atoms with Crippen LogP contribution in [0.3, 0.4) is 0 Å². The number of likely N-dealkylation sites (N-methyl/N-ethyl adjacent to an activating group) is 1. The number of furan rings is 1. The molecule has 0 saturated heterocycles. The van der Waals surface area contributed by atoms with Crippen molar-refractivity contribution in [2.24, 2.45) is 0 Å². The summed E-state index contributed by atoms with van der Waals surface area (Å²) in [5.41, 5.74) is 2.10. The van der Waals surface area contributed by atoms with E-state index in [-0.39, 0.29) is 12.6 Å². The fraction of sp³-hybridized carbons (Fsp3) is 0.333. The summed E-state index contributed by atoms with van der Waals surface area (Å²) in [7, 11) is 3.77. The molecule has 1 aromatic heterocycles. The zero-order chi connectivity index (χ0) is 17.5. The molecule has 0 radical (unpaired) electrons. The smallest absolute Gasteiger partial charge is 0.309 e. The van der Waals surface area contributed by atoms with Crippen LogP contribution in [0.15, 0.2) is 47.1 Å². The van der Waals surface area contributed by atoms with E-state index in [4.69, 9.17) is 4.42 Å². The first-order valence-corrected chi connectivity index (χ1v) is 7.78. The van der Waals surface area contributed by atoms with Gasteiger partial charge in [-0.15, -0.1) is 0 Å². The molecule has 2 amide bonds. The molecule has 2 aromatic rings. The molecule has 0 aliphatic carbocycles. The summed E-state index contributed by atoms with van der Waals surface area (Å²) in [5.74, 6) is -0.562. The van der Waals surface area contributed by atoms with E-state index in [0.29, 0.717) is 6.54 Å². The summed E-state index contributed by atoms with van der Waals surface area (Å²) >= 11 is 0. The molecular formula is C18H23N3O3. The predicted octanol–water partition coefficient (Wildman–Crippen LogP) is 1.62. The Bertz CT molecular complexity index is 663. The highest BCUT2D eigenvalue weighted by molar-refractivity contribution is 6.35. The van der Waals surface area contributed by atoms with Crippen molar-refractivity contribution < 1.29 is 14.0 Å². The lowest BCUT2D eigenvalue weighted by atomic mass is 10.1. The molecule has 0 bridgehead atoms. The van der Waals surface area contributed by atoms with Crippen LogP contribution in [0.5, 0.6) is 0 Å². The quantitative estimate of drug-likeness (QED) is 0.790. The van der Waals surface area contributed by atoms with Gasteiger partial charge in [-0.25, -0.2) is 0 Å². The van der Waals surface area contributed by atoms with E-state index in [0.717, 1.165) is 16.9 Å². The van der Waals surface area contributed by atoms with Gasteiger partial charge in [-0.3, -0.25) is 14.5 Å². The average Bonchev–Trinajstić information content (AvgIpc) is 3.08. The summed E-state index contributed by atoms with van der Waals surface area (Å²) in [6.07, 6.45) is 1.59. The lowest BCUT2D eigenvalue weighted by Crippen LogP contribution is -2.42. The molecule has 1 unspecified atom stereocenters. The van der Waals surface area contributed by atoms with Gasteiger partial charge in [0, 0.05) is 13.1 Å². The number of rotatable bonds is 6. The zero-order valence-electron chi connectivity index (χ0n) is 14.2. The van der Waals surface area contributed by atoms with Crippen LogP contribution < -0.4 is 10.6 Å². The Balaban J connectivity index is 1.82. The molecule has 6 nitrogen and oxygen atoms in total. The van der Waals surface area contributed by atoms with Gasteiger partial charge in [-0.05, 0) is 38.7 Å². The second-order valence-electron chi connectivity index (χ2n) is 5.87. The van der Waals surface area contributed by atoms with E-state index in [1.165, 1.54) is 0 Å². The first-order chi connectivity index (χ1) is 11.5. The molecule has 1 aromatic carbocycles. The monoisotopic (exact) mass is 329 g/mol. The Morgan fingerprint density at radius 2 is 1.75 bits per heavy atom. The number of amides is 2.